The topological polar surface area (TPSA) is 44.5 Å². The third kappa shape index (κ3) is 2.38. The van der Waals surface area contributed by atoms with Crippen molar-refractivity contribution in [1.29, 1.82) is 0 Å². The minimum Gasteiger partial charge on any atom is -0.494 e. The normalized spacial score (nSPS) is 33.8. The molecule has 0 spiro atoms. The molecule has 2 saturated heterocycles. The highest BCUT2D eigenvalue weighted by molar-refractivity contribution is 5.20. The molecule has 18 heavy (non-hydrogen) atoms. The first kappa shape index (κ1) is 12.0. The molecule has 3 unspecified atom stereocenters. The van der Waals surface area contributed by atoms with Crippen LogP contribution in [0.5, 0.6) is 5.75 Å². The van der Waals surface area contributed by atoms with Crippen molar-refractivity contribution < 1.29 is 9.47 Å². The fourth-order valence-electron chi connectivity index (χ4n) is 3.21. The lowest BCUT2D eigenvalue weighted by Gasteiger charge is -2.31. The van der Waals surface area contributed by atoms with Gasteiger partial charge in [-0.1, -0.05) is 18.2 Å². The van der Waals surface area contributed by atoms with Gasteiger partial charge in [-0.25, -0.2) is 0 Å². The number of fused-ring (bicyclic) bond motifs is 2. The van der Waals surface area contributed by atoms with Gasteiger partial charge in [-0.2, -0.15) is 0 Å². The Balaban J connectivity index is 1.43. The molecule has 2 N–H and O–H groups in total. The van der Waals surface area contributed by atoms with E-state index in [-0.39, 0.29) is 5.54 Å². The van der Waals surface area contributed by atoms with Crippen molar-refractivity contribution in [3.63, 3.8) is 0 Å². The molecule has 98 valence electrons. The van der Waals surface area contributed by atoms with Crippen LogP contribution in [0.2, 0.25) is 0 Å². The average Bonchev–Trinajstić information content (AvgIpc) is 2.96. The zero-order valence-electron chi connectivity index (χ0n) is 10.7. The third-order valence-corrected chi connectivity index (χ3v) is 4.15. The molecule has 2 bridgehead atoms. The van der Waals surface area contributed by atoms with Crippen LogP contribution in [0.15, 0.2) is 30.3 Å². The van der Waals surface area contributed by atoms with Crippen LogP contribution in [0.3, 0.4) is 0 Å². The first-order chi connectivity index (χ1) is 8.76. The maximum atomic E-state index is 6.44. The zero-order chi connectivity index (χ0) is 12.4. The van der Waals surface area contributed by atoms with E-state index in [1.54, 1.807) is 0 Å². The van der Waals surface area contributed by atoms with Crippen molar-refractivity contribution in [3.05, 3.63) is 30.3 Å². The van der Waals surface area contributed by atoms with Gasteiger partial charge in [-0.3, -0.25) is 0 Å². The summed E-state index contributed by atoms with van der Waals surface area (Å²) in [5, 5.41) is 0. The molecule has 2 heterocycles. The van der Waals surface area contributed by atoms with E-state index < -0.39 is 0 Å². The first-order valence-electron chi connectivity index (χ1n) is 6.88. The molecule has 1 aromatic carbocycles. The Morgan fingerprint density at radius 1 is 1.28 bits per heavy atom. The molecule has 0 aliphatic carbocycles. The van der Waals surface area contributed by atoms with Gasteiger partial charge in [0.2, 0.25) is 0 Å². The van der Waals surface area contributed by atoms with E-state index in [0.29, 0.717) is 12.2 Å². The van der Waals surface area contributed by atoms with E-state index in [1.165, 1.54) is 6.42 Å². The van der Waals surface area contributed by atoms with Crippen molar-refractivity contribution in [2.24, 2.45) is 5.73 Å². The van der Waals surface area contributed by atoms with Crippen LogP contribution in [-0.4, -0.2) is 24.4 Å². The molecule has 3 rings (SSSR count). The van der Waals surface area contributed by atoms with Crippen LogP contribution in [-0.2, 0) is 4.74 Å². The Morgan fingerprint density at radius 2 is 2.11 bits per heavy atom. The Bertz CT molecular complexity index is 395. The number of rotatable bonds is 5. The highest BCUT2D eigenvalue weighted by atomic mass is 16.5. The summed E-state index contributed by atoms with van der Waals surface area (Å²) < 4.78 is 11.5. The van der Waals surface area contributed by atoms with Gasteiger partial charge in [-0.05, 0) is 44.2 Å². The van der Waals surface area contributed by atoms with Gasteiger partial charge < -0.3 is 15.2 Å². The first-order valence-corrected chi connectivity index (χ1v) is 6.88. The lowest BCUT2D eigenvalue weighted by molar-refractivity contribution is 0.0823. The molecule has 2 fully saturated rings. The zero-order valence-corrected chi connectivity index (χ0v) is 10.7. The van der Waals surface area contributed by atoms with Crippen molar-refractivity contribution >= 4 is 0 Å². The average molecular weight is 247 g/mol. The van der Waals surface area contributed by atoms with Crippen LogP contribution in [0.1, 0.15) is 32.1 Å². The number of nitrogens with two attached hydrogens (primary N) is 1. The van der Waals surface area contributed by atoms with Crippen molar-refractivity contribution in [2.45, 2.75) is 49.9 Å². The quantitative estimate of drug-likeness (QED) is 0.813. The minimum atomic E-state index is -0.0943. The van der Waals surface area contributed by atoms with Gasteiger partial charge in [-0.15, -0.1) is 0 Å². The summed E-state index contributed by atoms with van der Waals surface area (Å²) in [5.41, 5.74) is 6.35. The van der Waals surface area contributed by atoms with Gasteiger partial charge >= 0.3 is 0 Å². The van der Waals surface area contributed by atoms with Crippen molar-refractivity contribution in [1.82, 2.24) is 0 Å². The van der Waals surface area contributed by atoms with Crippen molar-refractivity contribution in [3.8, 4) is 5.75 Å². The number of para-hydroxylation sites is 1. The molecule has 3 nitrogen and oxygen atoms in total. The maximum Gasteiger partial charge on any atom is 0.119 e. The minimum absolute atomic E-state index is 0.0943. The summed E-state index contributed by atoms with van der Waals surface area (Å²) in [6.45, 7) is 0.736. The molecule has 0 aromatic heterocycles. The third-order valence-electron chi connectivity index (χ3n) is 4.15. The summed E-state index contributed by atoms with van der Waals surface area (Å²) in [5.74, 6) is 0.938. The highest BCUT2D eigenvalue weighted by Crippen LogP contribution is 2.42. The second-order valence-electron chi connectivity index (χ2n) is 5.53. The van der Waals surface area contributed by atoms with E-state index in [1.807, 2.05) is 30.3 Å². The van der Waals surface area contributed by atoms with Gasteiger partial charge in [0.15, 0.2) is 0 Å². The van der Waals surface area contributed by atoms with E-state index >= 15 is 0 Å². The molecule has 3 atom stereocenters. The lowest BCUT2D eigenvalue weighted by atomic mass is 9.79. The molecule has 2 aliphatic heterocycles. The van der Waals surface area contributed by atoms with Gasteiger partial charge in [0.25, 0.3) is 0 Å². The fourth-order valence-corrected chi connectivity index (χ4v) is 3.21. The standard InChI is InChI=1S/C15H21NO2/c16-15(11-13-7-8-14(15)18-13)9-4-10-17-12-5-2-1-3-6-12/h1-3,5-6,13-14H,4,7-11,16H2. The number of benzene rings is 1. The van der Waals surface area contributed by atoms with Gasteiger partial charge in [0.05, 0.1) is 18.8 Å². The summed E-state index contributed by atoms with van der Waals surface area (Å²) >= 11 is 0. The van der Waals surface area contributed by atoms with E-state index in [4.69, 9.17) is 15.2 Å². The fraction of sp³-hybridized carbons (Fsp3) is 0.600. The molecule has 3 heteroatoms. The highest BCUT2D eigenvalue weighted by Gasteiger charge is 2.49. The monoisotopic (exact) mass is 247 g/mol. The van der Waals surface area contributed by atoms with Crippen LogP contribution < -0.4 is 10.5 Å². The maximum absolute atomic E-state index is 6.44. The number of hydrogen-bond donors (Lipinski definition) is 1. The largest absolute Gasteiger partial charge is 0.494 e. The predicted molar refractivity (Wildman–Crippen MR) is 70.6 cm³/mol. The van der Waals surface area contributed by atoms with Gasteiger partial charge in [0, 0.05) is 5.54 Å². The Kier molecular flexibility index (Phi) is 3.27. The Labute approximate surface area is 108 Å². The second kappa shape index (κ2) is 4.90. The summed E-state index contributed by atoms with van der Waals surface area (Å²) in [6, 6.07) is 9.94. The molecule has 2 aliphatic rings. The van der Waals surface area contributed by atoms with Crippen LogP contribution >= 0.6 is 0 Å². The molecule has 0 amide bonds. The molecule has 1 aromatic rings. The SMILES string of the molecule is NC1(CCCOc2ccccc2)CC2CCC1O2. The van der Waals surface area contributed by atoms with Crippen LogP contribution in [0.25, 0.3) is 0 Å². The summed E-state index contributed by atoms with van der Waals surface area (Å²) in [7, 11) is 0. The van der Waals surface area contributed by atoms with Gasteiger partial charge in [0.1, 0.15) is 5.75 Å². The van der Waals surface area contributed by atoms with E-state index in [0.717, 1.165) is 38.0 Å². The Hall–Kier alpha value is -1.06. The summed E-state index contributed by atoms with van der Waals surface area (Å²) in [6.07, 6.45) is 6.08. The number of hydrogen-bond acceptors (Lipinski definition) is 3. The predicted octanol–water partition coefficient (Wildman–Crippen LogP) is 2.49. The van der Waals surface area contributed by atoms with E-state index in [9.17, 15) is 0 Å². The lowest BCUT2D eigenvalue weighted by Crippen LogP contribution is -2.48. The van der Waals surface area contributed by atoms with Crippen molar-refractivity contribution in [2.75, 3.05) is 6.61 Å². The second-order valence-corrected chi connectivity index (χ2v) is 5.53. The smallest absolute Gasteiger partial charge is 0.119 e. The molecule has 0 saturated carbocycles. The molecular formula is C15H21NO2. The number of ether oxygens (including phenoxy) is 2. The molecular weight excluding hydrogens is 226 g/mol. The Morgan fingerprint density at radius 3 is 2.78 bits per heavy atom. The van der Waals surface area contributed by atoms with Crippen LogP contribution in [0.4, 0.5) is 0 Å². The van der Waals surface area contributed by atoms with Crippen LogP contribution in [0, 0.1) is 0 Å². The van der Waals surface area contributed by atoms with E-state index in [2.05, 4.69) is 0 Å². The summed E-state index contributed by atoms with van der Waals surface area (Å²) in [4.78, 5) is 0. The molecule has 0 radical (unpaired) electrons.